The van der Waals surface area contributed by atoms with E-state index in [2.05, 4.69) is 59.7 Å². The van der Waals surface area contributed by atoms with E-state index in [0.29, 0.717) is 6.04 Å². The highest BCUT2D eigenvalue weighted by molar-refractivity contribution is 9.08. The minimum absolute atomic E-state index is 0.547. The summed E-state index contributed by atoms with van der Waals surface area (Å²) < 4.78 is 0. The van der Waals surface area contributed by atoms with Crippen LogP contribution in [0.3, 0.4) is 0 Å². The van der Waals surface area contributed by atoms with Gasteiger partial charge in [-0.15, -0.1) is 0 Å². The van der Waals surface area contributed by atoms with E-state index in [1.807, 2.05) is 6.20 Å². The van der Waals surface area contributed by atoms with Gasteiger partial charge in [-0.3, -0.25) is 0 Å². The predicted octanol–water partition coefficient (Wildman–Crippen LogP) is 3.91. The number of alkyl halides is 1. The van der Waals surface area contributed by atoms with Crippen molar-refractivity contribution in [2.45, 2.75) is 45.0 Å². The van der Waals surface area contributed by atoms with Crippen LogP contribution in [0.1, 0.15) is 37.8 Å². The minimum Gasteiger partial charge on any atom is -0.357 e. The summed E-state index contributed by atoms with van der Waals surface area (Å²) in [7, 11) is 2.13. The maximum Gasteiger partial charge on any atom is 0.131 e. The molecule has 0 aromatic carbocycles. The zero-order valence-electron chi connectivity index (χ0n) is 10.6. The van der Waals surface area contributed by atoms with Crippen LogP contribution in [-0.2, 0) is 5.33 Å². The van der Waals surface area contributed by atoms with Crippen LogP contribution in [-0.4, -0.2) is 18.1 Å². The molecule has 2 nitrogen and oxygen atoms in total. The largest absolute Gasteiger partial charge is 0.357 e. The van der Waals surface area contributed by atoms with Gasteiger partial charge in [0.05, 0.1) is 0 Å². The van der Waals surface area contributed by atoms with E-state index in [0.717, 1.165) is 11.1 Å². The molecule has 0 fully saturated rings. The first kappa shape index (κ1) is 13.5. The predicted molar refractivity (Wildman–Crippen MR) is 74.4 cm³/mol. The molecule has 0 bridgehead atoms. The Morgan fingerprint density at radius 1 is 1.50 bits per heavy atom. The number of aromatic nitrogens is 1. The maximum absolute atomic E-state index is 4.55. The van der Waals surface area contributed by atoms with Crippen LogP contribution in [0.25, 0.3) is 0 Å². The zero-order chi connectivity index (χ0) is 12.1. The van der Waals surface area contributed by atoms with Gasteiger partial charge in [0.1, 0.15) is 5.82 Å². The van der Waals surface area contributed by atoms with E-state index in [-0.39, 0.29) is 0 Å². The minimum atomic E-state index is 0.547. The van der Waals surface area contributed by atoms with Gasteiger partial charge in [0.15, 0.2) is 0 Å². The molecule has 1 atom stereocenters. The SMILES string of the molecule is CCCC(C)N(C)c1ncc(CBr)cc1C. The summed E-state index contributed by atoms with van der Waals surface area (Å²) in [4.78, 5) is 6.82. The lowest BCUT2D eigenvalue weighted by Gasteiger charge is -2.27. The van der Waals surface area contributed by atoms with Gasteiger partial charge in [-0.05, 0) is 31.4 Å². The summed E-state index contributed by atoms with van der Waals surface area (Å²) in [5.41, 5.74) is 2.49. The number of halogens is 1. The molecule has 0 aliphatic heterocycles. The van der Waals surface area contributed by atoms with Crippen molar-refractivity contribution in [2.75, 3.05) is 11.9 Å². The quantitative estimate of drug-likeness (QED) is 0.762. The molecule has 16 heavy (non-hydrogen) atoms. The lowest BCUT2D eigenvalue weighted by molar-refractivity contribution is 0.610. The first-order chi connectivity index (χ1) is 7.60. The molecule has 0 spiro atoms. The van der Waals surface area contributed by atoms with Gasteiger partial charge >= 0.3 is 0 Å². The molecule has 0 N–H and O–H groups in total. The molecule has 0 saturated carbocycles. The smallest absolute Gasteiger partial charge is 0.131 e. The molecule has 0 saturated heterocycles. The van der Waals surface area contributed by atoms with Crippen LogP contribution in [0.4, 0.5) is 5.82 Å². The third kappa shape index (κ3) is 3.21. The molecule has 0 amide bonds. The van der Waals surface area contributed by atoms with Crippen molar-refractivity contribution in [2.24, 2.45) is 0 Å². The van der Waals surface area contributed by atoms with E-state index in [1.54, 1.807) is 0 Å². The third-order valence-electron chi connectivity index (χ3n) is 2.96. The molecule has 1 unspecified atom stereocenters. The van der Waals surface area contributed by atoms with Crippen molar-refractivity contribution in [1.82, 2.24) is 4.98 Å². The summed E-state index contributed by atoms with van der Waals surface area (Å²) in [5, 5.41) is 0.870. The highest BCUT2D eigenvalue weighted by Gasteiger charge is 2.12. The summed E-state index contributed by atoms with van der Waals surface area (Å²) in [6, 6.07) is 2.75. The Hall–Kier alpha value is -0.570. The van der Waals surface area contributed by atoms with Crippen LogP contribution < -0.4 is 4.90 Å². The zero-order valence-corrected chi connectivity index (χ0v) is 12.2. The fourth-order valence-electron chi connectivity index (χ4n) is 1.89. The van der Waals surface area contributed by atoms with E-state index in [1.165, 1.54) is 24.0 Å². The van der Waals surface area contributed by atoms with Crippen molar-refractivity contribution in [3.05, 3.63) is 23.4 Å². The molecule has 3 heteroatoms. The first-order valence-corrected chi connectivity index (χ1v) is 6.96. The fourth-order valence-corrected chi connectivity index (χ4v) is 2.19. The van der Waals surface area contributed by atoms with Gasteiger partial charge < -0.3 is 4.90 Å². The number of nitrogens with zero attached hydrogens (tertiary/aromatic N) is 2. The molecular weight excluding hydrogens is 264 g/mol. The summed E-state index contributed by atoms with van der Waals surface area (Å²) in [6.45, 7) is 6.60. The molecule has 1 heterocycles. The van der Waals surface area contributed by atoms with Gasteiger partial charge in [-0.2, -0.15) is 0 Å². The molecule has 0 aliphatic carbocycles. The van der Waals surface area contributed by atoms with Crippen LogP contribution in [0, 0.1) is 6.92 Å². The highest BCUT2D eigenvalue weighted by atomic mass is 79.9. The van der Waals surface area contributed by atoms with Crippen molar-refractivity contribution in [3.63, 3.8) is 0 Å². The van der Waals surface area contributed by atoms with Crippen molar-refractivity contribution in [1.29, 1.82) is 0 Å². The summed E-state index contributed by atoms with van der Waals surface area (Å²) in [6.07, 6.45) is 4.37. The molecule has 0 radical (unpaired) electrons. The number of aryl methyl sites for hydroxylation is 1. The first-order valence-electron chi connectivity index (χ1n) is 5.84. The normalized spacial score (nSPS) is 12.6. The van der Waals surface area contributed by atoms with Gasteiger partial charge in [0.2, 0.25) is 0 Å². The standard InChI is InChI=1S/C13H21BrN2/c1-5-6-11(3)16(4)13-10(2)7-12(8-14)9-15-13/h7,9,11H,5-6,8H2,1-4H3. The van der Waals surface area contributed by atoms with Gasteiger partial charge in [0, 0.05) is 24.6 Å². The Balaban J connectivity index is 2.87. The van der Waals surface area contributed by atoms with Crippen LogP contribution >= 0.6 is 15.9 Å². The lowest BCUT2D eigenvalue weighted by Crippen LogP contribution is -2.30. The second-order valence-corrected chi connectivity index (χ2v) is 4.93. The van der Waals surface area contributed by atoms with Crippen molar-refractivity contribution in [3.8, 4) is 0 Å². The maximum atomic E-state index is 4.55. The Kier molecular flexibility index (Phi) is 5.26. The molecule has 0 aliphatic rings. The van der Waals surface area contributed by atoms with Gasteiger partial charge in [-0.1, -0.05) is 35.3 Å². The van der Waals surface area contributed by atoms with Crippen LogP contribution in [0.2, 0.25) is 0 Å². The molecule has 1 rings (SSSR count). The van der Waals surface area contributed by atoms with Gasteiger partial charge in [0.25, 0.3) is 0 Å². The average molecular weight is 285 g/mol. The van der Waals surface area contributed by atoms with Gasteiger partial charge in [-0.25, -0.2) is 4.98 Å². The van der Waals surface area contributed by atoms with Crippen LogP contribution in [0.5, 0.6) is 0 Å². The van der Waals surface area contributed by atoms with E-state index >= 15 is 0 Å². The molecule has 1 aromatic rings. The summed E-state index contributed by atoms with van der Waals surface area (Å²) in [5.74, 6) is 1.10. The Morgan fingerprint density at radius 2 is 2.19 bits per heavy atom. The van der Waals surface area contributed by atoms with Crippen molar-refractivity contribution < 1.29 is 0 Å². The third-order valence-corrected chi connectivity index (χ3v) is 3.61. The molecule has 90 valence electrons. The number of anilines is 1. The second kappa shape index (κ2) is 6.24. The van der Waals surface area contributed by atoms with E-state index in [4.69, 9.17) is 0 Å². The lowest BCUT2D eigenvalue weighted by atomic mass is 10.1. The Morgan fingerprint density at radius 3 is 2.69 bits per heavy atom. The number of rotatable bonds is 5. The van der Waals surface area contributed by atoms with Crippen LogP contribution in [0.15, 0.2) is 12.3 Å². The van der Waals surface area contributed by atoms with Crippen molar-refractivity contribution >= 4 is 21.7 Å². The highest BCUT2D eigenvalue weighted by Crippen LogP contribution is 2.21. The topological polar surface area (TPSA) is 16.1 Å². The summed E-state index contributed by atoms with van der Waals surface area (Å²) >= 11 is 3.45. The number of pyridine rings is 1. The molecular formula is C13H21BrN2. The Bertz CT molecular complexity index is 339. The number of hydrogen-bond acceptors (Lipinski definition) is 2. The monoisotopic (exact) mass is 284 g/mol. The number of hydrogen-bond donors (Lipinski definition) is 0. The molecule has 1 aromatic heterocycles. The Labute approximate surface area is 107 Å². The van der Waals surface area contributed by atoms with E-state index in [9.17, 15) is 0 Å². The average Bonchev–Trinajstić information content (AvgIpc) is 2.28. The van der Waals surface area contributed by atoms with E-state index < -0.39 is 0 Å². The second-order valence-electron chi connectivity index (χ2n) is 4.37. The fraction of sp³-hybridized carbons (Fsp3) is 0.615.